The first-order valence-electron chi connectivity index (χ1n) is 4.23. The molecular weight excluding hydrogens is 193 g/mol. The predicted octanol–water partition coefficient (Wildman–Crippen LogP) is 2.23. The van der Waals surface area contributed by atoms with Crippen LogP contribution in [0.15, 0.2) is 4.76 Å². The maximum absolute atomic E-state index is 11.6. The van der Waals surface area contributed by atoms with Crippen LogP contribution >= 0.6 is 7.75 Å². The van der Waals surface area contributed by atoms with E-state index in [2.05, 4.69) is 4.76 Å². The summed E-state index contributed by atoms with van der Waals surface area (Å²) >= 11 is 0. The van der Waals surface area contributed by atoms with E-state index in [0.717, 1.165) is 6.40 Å². The molecule has 0 aromatic rings. The highest BCUT2D eigenvalue weighted by Gasteiger charge is 2.21. The molecule has 0 rings (SSSR count). The molecule has 0 saturated carbocycles. The minimum absolute atomic E-state index is 0.292. The van der Waals surface area contributed by atoms with Gasteiger partial charge in [-0.3, -0.25) is 9.05 Å². The number of ether oxygens (including phenoxy) is 1. The van der Waals surface area contributed by atoms with Gasteiger partial charge in [0.25, 0.3) is 0 Å². The normalized spacial score (nSPS) is 12.2. The second kappa shape index (κ2) is 7.06. The Morgan fingerprint density at radius 2 is 1.69 bits per heavy atom. The van der Waals surface area contributed by atoms with E-state index in [9.17, 15) is 4.57 Å². The Bertz CT molecular complexity index is 185. The molecular formula is C7H16NO4P. The van der Waals surface area contributed by atoms with Gasteiger partial charge in [0.15, 0.2) is 6.40 Å². The van der Waals surface area contributed by atoms with Crippen LogP contribution in [0.1, 0.15) is 20.8 Å². The van der Waals surface area contributed by atoms with E-state index >= 15 is 0 Å². The molecule has 0 unspecified atom stereocenters. The van der Waals surface area contributed by atoms with Gasteiger partial charge in [-0.25, -0.2) is 4.57 Å². The van der Waals surface area contributed by atoms with Crippen molar-refractivity contribution >= 4 is 14.1 Å². The molecule has 0 aliphatic carbocycles. The zero-order valence-electron chi connectivity index (χ0n) is 8.23. The molecule has 0 bridgehead atoms. The van der Waals surface area contributed by atoms with E-state index in [1.54, 1.807) is 20.8 Å². The maximum atomic E-state index is 11.6. The molecule has 0 heterocycles. The molecule has 0 aliphatic rings. The smallest absolute Gasteiger partial charge is 0.456 e. The van der Waals surface area contributed by atoms with Gasteiger partial charge in [0, 0.05) is 0 Å². The van der Waals surface area contributed by atoms with Gasteiger partial charge >= 0.3 is 7.75 Å². The van der Waals surface area contributed by atoms with E-state index in [0.29, 0.717) is 19.8 Å². The van der Waals surface area contributed by atoms with Crippen molar-refractivity contribution in [3.05, 3.63) is 0 Å². The minimum Gasteiger partial charge on any atom is -0.483 e. The fourth-order valence-electron chi connectivity index (χ4n) is 0.596. The van der Waals surface area contributed by atoms with Crippen LogP contribution in [0.25, 0.3) is 0 Å². The third kappa shape index (κ3) is 5.80. The fraction of sp³-hybridized carbons (Fsp3) is 0.857. The van der Waals surface area contributed by atoms with Crippen LogP contribution < -0.4 is 0 Å². The second-order valence-corrected chi connectivity index (χ2v) is 3.66. The summed E-state index contributed by atoms with van der Waals surface area (Å²) in [6.07, 6.45) is 1.10. The molecule has 0 atom stereocenters. The lowest BCUT2D eigenvalue weighted by atomic mass is 10.9. The van der Waals surface area contributed by atoms with Crippen LogP contribution in [0.4, 0.5) is 0 Å². The third-order valence-corrected chi connectivity index (χ3v) is 2.56. The zero-order chi connectivity index (χ0) is 10.2. The third-order valence-electron chi connectivity index (χ3n) is 1.01. The van der Waals surface area contributed by atoms with Crippen molar-refractivity contribution in [2.24, 2.45) is 4.76 Å². The van der Waals surface area contributed by atoms with Crippen molar-refractivity contribution in [1.29, 1.82) is 0 Å². The van der Waals surface area contributed by atoms with E-state index in [4.69, 9.17) is 13.8 Å². The lowest BCUT2D eigenvalue weighted by Crippen LogP contribution is -1.94. The van der Waals surface area contributed by atoms with Crippen molar-refractivity contribution in [3.63, 3.8) is 0 Å². The molecule has 78 valence electrons. The summed E-state index contributed by atoms with van der Waals surface area (Å²) in [4.78, 5) is 0. The van der Waals surface area contributed by atoms with E-state index < -0.39 is 7.75 Å². The molecule has 0 spiro atoms. The van der Waals surface area contributed by atoms with Crippen molar-refractivity contribution in [1.82, 2.24) is 0 Å². The second-order valence-electron chi connectivity index (χ2n) is 1.98. The van der Waals surface area contributed by atoms with E-state index in [-0.39, 0.29) is 0 Å². The summed E-state index contributed by atoms with van der Waals surface area (Å²) in [5.74, 6) is 0. The summed E-state index contributed by atoms with van der Waals surface area (Å²) < 4.78 is 29.7. The van der Waals surface area contributed by atoms with Crippen LogP contribution in [0, 0.1) is 0 Å². The minimum atomic E-state index is -3.30. The molecule has 6 heteroatoms. The van der Waals surface area contributed by atoms with Gasteiger partial charge in [0.2, 0.25) is 0 Å². The molecule has 0 fully saturated rings. The maximum Gasteiger partial charge on any atom is 0.456 e. The summed E-state index contributed by atoms with van der Waals surface area (Å²) in [6, 6.07) is 0. The lowest BCUT2D eigenvalue weighted by Gasteiger charge is -2.10. The van der Waals surface area contributed by atoms with Crippen LogP contribution in [0.3, 0.4) is 0 Å². The Balaban J connectivity index is 4.14. The van der Waals surface area contributed by atoms with Crippen LogP contribution in [0.2, 0.25) is 0 Å². The van der Waals surface area contributed by atoms with Gasteiger partial charge in [0.05, 0.1) is 19.8 Å². The Morgan fingerprint density at radius 3 is 2.08 bits per heavy atom. The molecule has 13 heavy (non-hydrogen) atoms. The quantitative estimate of drug-likeness (QED) is 0.366. The van der Waals surface area contributed by atoms with Crippen molar-refractivity contribution in [2.45, 2.75) is 20.8 Å². The largest absolute Gasteiger partial charge is 0.483 e. The van der Waals surface area contributed by atoms with Gasteiger partial charge in [-0.2, -0.15) is 0 Å². The van der Waals surface area contributed by atoms with E-state index in [1.807, 2.05) is 0 Å². The lowest BCUT2D eigenvalue weighted by molar-refractivity contribution is 0.220. The molecule has 0 N–H and O–H groups in total. The van der Waals surface area contributed by atoms with Crippen molar-refractivity contribution in [2.75, 3.05) is 19.8 Å². The molecule has 5 nitrogen and oxygen atoms in total. The Kier molecular flexibility index (Phi) is 6.86. The molecule has 0 amide bonds. The van der Waals surface area contributed by atoms with Crippen LogP contribution in [-0.2, 0) is 18.3 Å². The molecule has 0 aromatic heterocycles. The van der Waals surface area contributed by atoms with Gasteiger partial charge in [0.1, 0.15) is 0 Å². The summed E-state index contributed by atoms with van der Waals surface area (Å²) in [7, 11) is -3.30. The first-order chi connectivity index (χ1) is 6.18. The Hall–Kier alpha value is -0.380. The highest BCUT2D eigenvalue weighted by atomic mass is 31.2. The SMILES string of the molecule is CCOC=NP(=O)(OCC)OCC. The molecule has 0 radical (unpaired) electrons. The Labute approximate surface area is 78.7 Å². The Morgan fingerprint density at radius 1 is 1.15 bits per heavy atom. The fourth-order valence-corrected chi connectivity index (χ4v) is 1.64. The average Bonchev–Trinajstić information content (AvgIpc) is 2.05. The van der Waals surface area contributed by atoms with Gasteiger partial charge < -0.3 is 4.74 Å². The predicted molar refractivity (Wildman–Crippen MR) is 51.0 cm³/mol. The molecule has 0 aromatic carbocycles. The van der Waals surface area contributed by atoms with Crippen molar-refractivity contribution in [3.8, 4) is 0 Å². The monoisotopic (exact) mass is 209 g/mol. The topological polar surface area (TPSA) is 57.1 Å². The molecule has 0 saturated heterocycles. The van der Waals surface area contributed by atoms with Crippen molar-refractivity contribution < 1.29 is 18.3 Å². The first kappa shape index (κ1) is 12.6. The number of hydrogen-bond donors (Lipinski definition) is 0. The van der Waals surface area contributed by atoms with Crippen LogP contribution in [0.5, 0.6) is 0 Å². The average molecular weight is 209 g/mol. The highest BCUT2D eigenvalue weighted by Crippen LogP contribution is 2.49. The summed E-state index contributed by atoms with van der Waals surface area (Å²) in [6.45, 7) is 6.31. The van der Waals surface area contributed by atoms with Gasteiger partial charge in [-0.1, -0.05) is 0 Å². The number of rotatable bonds is 7. The van der Waals surface area contributed by atoms with Crippen LogP contribution in [-0.4, -0.2) is 26.2 Å². The highest BCUT2D eigenvalue weighted by molar-refractivity contribution is 7.52. The first-order valence-corrected chi connectivity index (χ1v) is 5.72. The molecule has 0 aliphatic heterocycles. The number of hydrogen-bond acceptors (Lipinski definition) is 4. The summed E-state index contributed by atoms with van der Waals surface area (Å²) in [5.41, 5.74) is 0. The standard InChI is InChI=1S/C7H16NO4P/c1-4-10-7-8-13(9,11-5-2)12-6-3/h7H,4-6H2,1-3H3. The summed E-state index contributed by atoms with van der Waals surface area (Å²) in [5, 5.41) is 0. The van der Waals surface area contributed by atoms with Gasteiger partial charge in [-0.05, 0) is 20.8 Å². The van der Waals surface area contributed by atoms with Gasteiger partial charge in [-0.15, -0.1) is 4.76 Å². The van der Waals surface area contributed by atoms with E-state index in [1.165, 1.54) is 0 Å². The zero-order valence-corrected chi connectivity index (χ0v) is 9.12. The number of nitrogens with zero attached hydrogens (tertiary/aromatic N) is 1.